The molecule has 1 aliphatic rings. The average Bonchev–Trinajstić information content (AvgIpc) is 2.92. The predicted molar refractivity (Wildman–Crippen MR) is 70.4 cm³/mol. The molecule has 1 fully saturated rings. The second kappa shape index (κ2) is 7.03. The minimum atomic E-state index is -0.988. The number of rotatable bonds is 6. The summed E-state index contributed by atoms with van der Waals surface area (Å²) in [7, 11) is 0. The Labute approximate surface area is 120 Å². The van der Waals surface area contributed by atoms with Crippen LogP contribution in [0.3, 0.4) is 0 Å². The summed E-state index contributed by atoms with van der Waals surface area (Å²) in [6.07, 6.45) is -0.0721. The highest BCUT2D eigenvalue weighted by molar-refractivity contribution is 5.77. The number of carboxylic acids is 1. The molecule has 1 aromatic carbocycles. The van der Waals surface area contributed by atoms with Crippen molar-refractivity contribution in [1.29, 1.82) is 0 Å². The summed E-state index contributed by atoms with van der Waals surface area (Å²) in [4.78, 5) is 22.3. The van der Waals surface area contributed by atoms with Gasteiger partial charge in [0.1, 0.15) is 11.6 Å². The first kappa shape index (κ1) is 15.2. The van der Waals surface area contributed by atoms with E-state index < -0.39 is 17.9 Å². The maximum Gasteiger partial charge on any atom is 0.332 e. The maximum atomic E-state index is 12.9. The molecule has 114 valence electrons. The van der Waals surface area contributed by atoms with Gasteiger partial charge in [0, 0.05) is 12.6 Å². The first-order chi connectivity index (χ1) is 10.0. The number of hydrogen-bond acceptors (Lipinski definition) is 4. The summed E-state index contributed by atoms with van der Waals surface area (Å²) < 4.78 is 23.3. The Kier molecular flexibility index (Phi) is 5.10. The molecule has 7 heteroatoms. The summed E-state index contributed by atoms with van der Waals surface area (Å²) in [5, 5.41) is 11.4. The molecule has 1 saturated heterocycles. The van der Waals surface area contributed by atoms with Crippen molar-refractivity contribution in [3.05, 3.63) is 30.1 Å². The number of ether oxygens (including phenoxy) is 2. The standard InChI is InChI=1S/C14H16FNO5/c15-9-2-1-3-10(6-9)20-8-13(17)16-7-11-4-5-12(21-11)14(18)19/h1-3,6,11-12H,4-5,7-8H2,(H,16,17)(H,18,19). The minimum Gasteiger partial charge on any atom is -0.484 e. The van der Waals surface area contributed by atoms with Gasteiger partial charge in [-0.25, -0.2) is 9.18 Å². The second-order valence-electron chi connectivity index (χ2n) is 4.71. The highest BCUT2D eigenvalue weighted by Gasteiger charge is 2.30. The zero-order chi connectivity index (χ0) is 15.2. The van der Waals surface area contributed by atoms with E-state index >= 15 is 0 Å². The molecule has 0 spiro atoms. The van der Waals surface area contributed by atoms with Crippen LogP contribution in [0.25, 0.3) is 0 Å². The van der Waals surface area contributed by atoms with E-state index in [2.05, 4.69) is 5.32 Å². The van der Waals surface area contributed by atoms with Crippen LogP contribution in [0, 0.1) is 5.82 Å². The van der Waals surface area contributed by atoms with Crippen molar-refractivity contribution in [2.45, 2.75) is 25.0 Å². The number of hydrogen-bond donors (Lipinski definition) is 2. The number of aliphatic carboxylic acids is 1. The molecular weight excluding hydrogens is 281 g/mol. The van der Waals surface area contributed by atoms with Crippen LogP contribution in [0.2, 0.25) is 0 Å². The molecule has 0 radical (unpaired) electrons. The van der Waals surface area contributed by atoms with E-state index in [9.17, 15) is 14.0 Å². The Morgan fingerprint density at radius 3 is 2.90 bits per heavy atom. The van der Waals surface area contributed by atoms with Crippen molar-refractivity contribution in [1.82, 2.24) is 5.32 Å². The lowest BCUT2D eigenvalue weighted by molar-refractivity contribution is -0.149. The summed E-state index contributed by atoms with van der Waals surface area (Å²) >= 11 is 0. The molecule has 0 aliphatic carbocycles. The number of carboxylic acid groups (broad SMARTS) is 1. The van der Waals surface area contributed by atoms with Gasteiger partial charge in [0.05, 0.1) is 6.10 Å². The van der Waals surface area contributed by atoms with Crippen LogP contribution in [0.4, 0.5) is 4.39 Å². The van der Waals surface area contributed by atoms with Crippen LogP contribution in [0.5, 0.6) is 5.75 Å². The Morgan fingerprint density at radius 1 is 1.43 bits per heavy atom. The van der Waals surface area contributed by atoms with Gasteiger partial charge in [-0.15, -0.1) is 0 Å². The number of amides is 1. The van der Waals surface area contributed by atoms with Gasteiger partial charge in [-0.05, 0) is 25.0 Å². The van der Waals surface area contributed by atoms with Gasteiger partial charge in [-0.3, -0.25) is 4.79 Å². The SMILES string of the molecule is O=C(COc1cccc(F)c1)NCC1CCC(C(=O)O)O1. The number of nitrogens with one attached hydrogen (secondary N) is 1. The summed E-state index contributed by atoms with van der Waals surface area (Å²) in [6, 6.07) is 5.50. The normalized spacial score (nSPS) is 21.0. The van der Waals surface area contributed by atoms with Crippen molar-refractivity contribution in [2.75, 3.05) is 13.2 Å². The Hall–Kier alpha value is -2.15. The molecule has 0 aromatic heterocycles. The van der Waals surface area contributed by atoms with Gasteiger partial charge in [-0.2, -0.15) is 0 Å². The third kappa shape index (κ3) is 4.71. The molecule has 2 atom stereocenters. The van der Waals surface area contributed by atoms with E-state index in [0.717, 1.165) is 0 Å². The third-order valence-corrected chi connectivity index (χ3v) is 3.08. The maximum absolute atomic E-state index is 12.9. The van der Waals surface area contributed by atoms with Crippen LogP contribution in [-0.4, -0.2) is 42.3 Å². The smallest absolute Gasteiger partial charge is 0.332 e. The summed E-state index contributed by atoms with van der Waals surface area (Å²) in [5.41, 5.74) is 0. The van der Waals surface area contributed by atoms with Crippen molar-refractivity contribution in [3.63, 3.8) is 0 Å². The fraction of sp³-hybridized carbons (Fsp3) is 0.429. The largest absolute Gasteiger partial charge is 0.484 e. The first-order valence-corrected chi connectivity index (χ1v) is 6.58. The fourth-order valence-electron chi connectivity index (χ4n) is 2.02. The quantitative estimate of drug-likeness (QED) is 0.816. The van der Waals surface area contributed by atoms with Gasteiger partial charge in [0.25, 0.3) is 5.91 Å². The summed E-state index contributed by atoms with van der Waals surface area (Å²) in [5.74, 6) is -1.53. The monoisotopic (exact) mass is 297 g/mol. The topological polar surface area (TPSA) is 84.9 Å². The van der Waals surface area contributed by atoms with Crippen molar-refractivity contribution in [3.8, 4) is 5.75 Å². The lowest BCUT2D eigenvalue weighted by atomic mass is 10.2. The average molecular weight is 297 g/mol. The van der Waals surface area contributed by atoms with E-state index in [1.807, 2.05) is 0 Å². The van der Waals surface area contributed by atoms with E-state index in [4.69, 9.17) is 14.6 Å². The lowest BCUT2D eigenvalue weighted by Crippen LogP contribution is -2.35. The minimum absolute atomic E-state index is 0.231. The van der Waals surface area contributed by atoms with Gasteiger partial charge < -0.3 is 19.9 Å². The van der Waals surface area contributed by atoms with Gasteiger partial charge in [0.15, 0.2) is 12.7 Å². The molecular formula is C14H16FNO5. The molecule has 1 aromatic rings. The highest BCUT2D eigenvalue weighted by atomic mass is 19.1. The molecule has 1 heterocycles. The second-order valence-corrected chi connectivity index (χ2v) is 4.71. The Bertz CT molecular complexity index is 522. The molecule has 0 bridgehead atoms. The zero-order valence-electron chi connectivity index (χ0n) is 11.3. The van der Waals surface area contributed by atoms with Crippen molar-refractivity contribution >= 4 is 11.9 Å². The Morgan fingerprint density at radius 2 is 2.24 bits per heavy atom. The molecule has 21 heavy (non-hydrogen) atoms. The molecule has 6 nitrogen and oxygen atoms in total. The van der Waals surface area contributed by atoms with Gasteiger partial charge in [-0.1, -0.05) is 6.07 Å². The van der Waals surface area contributed by atoms with Crippen molar-refractivity contribution < 1.29 is 28.6 Å². The van der Waals surface area contributed by atoms with Crippen LogP contribution < -0.4 is 10.1 Å². The first-order valence-electron chi connectivity index (χ1n) is 6.58. The van der Waals surface area contributed by atoms with E-state index in [0.29, 0.717) is 12.8 Å². The van der Waals surface area contributed by atoms with Gasteiger partial charge >= 0.3 is 5.97 Å². The number of carbonyl (C=O) groups is 2. The van der Waals surface area contributed by atoms with E-state index in [-0.39, 0.29) is 30.9 Å². The summed E-state index contributed by atoms with van der Waals surface area (Å²) in [6.45, 7) is -0.00629. The van der Waals surface area contributed by atoms with E-state index in [1.165, 1.54) is 18.2 Å². The molecule has 2 N–H and O–H groups in total. The molecule has 0 saturated carbocycles. The molecule has 1 aliphatic heterocycles. The third-order valence-electron chi connectivity index (χ3n) is 3.08. The van der Waals surface area contributed by atoms with Crippen LogP contribution in [0.15, 0.2) is 24.3 Å². The fourth-order valence-corrected chi connectivity index (χ4v) is 2.02. The lowest BCUT2D eigenvalue weighted by Gasteiger charge is -2.12. The van der Waals surface area contributed by atoms with Crippen LogP contribution >= 0.6 is 0 Å². The van der Waals surface area contributed by atoms with Gasteiger partial charge in [0.2, 0.25) is 0 Å². The predicted octanol–water partition coefficient (Wildman–Crippen LogP) is 0.953. The number of benzene rings is 1. The van der Waals surface area contributed by atoms with E-state index in [1.54, 1.807) is 6.07 Å². The zero-order valence-corrected chi connectivity index (χ0v) is 11.3. The molecule has 2 unspecified atom stereocenters. The van der Waals surface area contributed by atoms with Crippen LogP contribution in [-0.2, 0) is 14.3 Å². The highest BCUT2D eigenvalue weighted by Crippen LogP contribution is 2.19. The Balaban J connectivity index is 1.67. The molecule has 1 amide bonds. The van der Waals surface area contributed by atoms with Crippen molar-refractivity contribution in [2.24, 2.45) is 0 Å². The number of halogens is 1. The molecule has 2 rings (SSSR count). The van der Waals surface area contributed by atoms with Crippen LogP contribution in [0.1, 0.15) is 12.8 Å². The number of carbonyl (C=O) groups excluding carboxylic acids is 1.